The molecule has 1 aliphatic heterocycles. The fraction of sp³-hybridized carbons (Fsp3) is 0.263. The molecule has 0 bridgehead atoms. The summed E-state index contributed by atoms with van der Waals surface area (Å²) in [5, 5.41) is 11.9. The molecule has 0 saturated carbocycles. The van der Waals surface area contributed by atoms with E-state index in [0.717, 1.165) is 12.0 Å². The van der Waals surface area contributed by atoms with Crippen molar-refractivity contribution in [2.45, 2.75) is 25.9 Å². The van der Waals surface area contributed by atoms with Gasteiger partial charge >= 0.3 is 5.97 Å². The van der Waals surface area contributed by atoms with Crippen LogP contribution >= 0.6 is 0 Å². The maximum absolute atomic E-state index is 12.3. The Morgan fingerprint density at radius 2 is 2.04 bits per heavy atom. The highest BCUT2D eigenvalue weighted by atomic mass is 16.5. The van der Waals surface area contributed by atoms with E-state index in [0.29, 0.717) is 17.9 Å². The third-order valence-corrected chi connectivity index (χ3v) is 4.20. The van der Waals surface area contributed by atoms with Crippen molar-refractivity contribution < 1.29 is 19.4 Å². The molecule has 1 heterocycles. The van der Waals surface area contributed by atoms with Crippen LogP contribution in [0, 0.1) is 6.92 Å². The Balaban J connectivity index is 1.69. The maximum atomic E-state index is 12.3. The molecule has 5 nitrogen and oxygen atoms in total. The van der Waals surface area contributed by atoms with Crippen LogP contribution < -0.4 is 5.32 Å². The zero-order chi connectivity index (χ0) is 17.1. The Labute approximate surface area is 140 Å². The predicted molar refractivity (Wildman–Crippen MR) is 90.2 cm³/mol. The fourth-order valence-corrected chi connectivity index (χ4v) is 3.01. The van der Waals surface area contributed by atoms with E-state index in [1.54, 1.807) is 19.1 Å². The largest absolute Gasteiger partial charge is 0.478 e. The molecule has 24 heavy (non-hydrogen) atoms. The lowest BCUT2D eigenvalue weighted by molar-refractivity contribution is -0.119. The zero-order valence-electron chi connectivity index (χ0n) is 13.4. The van der Waals surface area contributed by atoms with Gasteiger partial charge in [0.1, 0.15) is 0 Å². The van der Waals surface area contributed by atoms with Gasteiger partial charge in [0.15, 0.2) is 0 Å². The Morgan fingerprint density at radius 1 is 1.25 bits per heavy atom. The number of benzene rings is 2. The van der Waals surface area contributed by atoms with Crippen LogP contribution in [-0.4, -0.2) is 23.6 Å². The van der Waals surface area contributed by atoms with Crippen LogP contribution in [0.2, 0.25) is 0 Å². The van der Waals surface area contributed by atoms with Gasteiger partial charge in [-0.2, -0.15) is 0 Å². The molecule has 2 aromatic carbocycles. The van der Waals surface area contributed by atoms with Crippen LogP contribution in [-0.2, 0) is 16.0 Å². The van der Waals surface area contributed by atoms with Gasteiger partial charge < -0.3 is 15.2 Å². The lowest BCUT2D eigenvalue weighted by Gasteiger charge is -2.25. The van der Waals surface area contributed by atoms with Gasteiger partial charge in [-0.15, -0.1) is 0 Å². The third-order valence-electron chi connectivity index (χ3n) is 4.20. The monoisotopic (exact) mass is 325 g/mol. The molecule has 0 fully saturated rings. The smallest absolute Gasteiger partial charge is 0.335 e. The first-order valence-corrected chi connectivity index (χ1v) is 7.88. The van der Waals surface area contributed by atoms with Gasteiger partial charge in [-0.1, -0.05) is 24.3 Å². The molecule has 1 aliphatic rings. The summed E-state index contributed by atoms with van der Waals surface area (Å²) in [6.07, 6.45) is 0.857. The number of amides is 1. The quantitative estimate of drug-likeness (QED) is 0.904. The molecular weight excluding hydrogens is 306 g/mol. The van der Waals surface area contributed by atoms with E-state index in [1.165, 1.54) is 11.6 Å². The van der Waals surface area contributed by atoms with E-state index in [9.17, 15) is 9.59 Å². The number of nitrogens with one attached hydrogen (secondary N) is 1. The van der Waals surface area contributed by atoms with Crippen LogP contribution in [0.25, 0.3) is 0 Å². The summed E-state index contributed by atoms with van der Waals surface area (Å²) in [5.41, 5.74) is 3.73. The van der Waals surface area contributed by atoms with Crippen molar-refractivity contribution in [3.05, 3.63) is 64.7 Å². The SMILES string of the molecule is Cc1cc(NC(=O)CC2OCCc3ccccc32)ccc1C(=O)O. The summed E-state index contributed by atoms with van der Waals surface area (Å²) in [5.74, 6) is -1.13. The third kappa shape index (κ3) is 3.46. The summed E-state index contributed by atoms with van der Waals surface area (Å²) in [6, 6.07) is 12.8. The number of ether oxygens (including phenoxy) is 1. The number of carboxylic acid groups (broad SMARTS) is 1. The number of hydrogen-bond donors (Lipinski definition) is 2. The van der Waals surface area contributed by atoms with Crippen LogP contribution in [0.4, 0.5) is 5.69 Å². The second kappa shape index (κ2) is 6.84. The van der Waals surface area contributed by atoms with E-state index in [4.69, 9.17) is 9.84 Å². The Bertz CT molecular complexity index is 785. The lowest BCUT2D eigenvalue weighted by atomic mass is 9.95. The predicted octanol–water partition coefficient (Wildman–Crippen LogP) is 3.34. The van der Waals surface area contributed by atoms with E-state index in [1.807, 2.05) is 18.2 Å². The molecular formula is C19H19NO4. The first kappa shape index (κ1) is 16.2. The minimum atomic E-state index is -0.974. The molecule has 0 aromatic heterocycles. The molecule has 124 valence electrons. The van der Waals surface area contributed by atoms with Crippen LogP contribution in [0.3, 0.4) is 0 Å². The summed E-state index contributed by atoms with van der Waals surface area (Å²) in [7, 11) is 0. The van der Waals surface area contributed by atoms with Gasteiger partial charge in [-0.05, 0) is 48.2 Å². The first-order valence-electron chi connectivity index (χ1n) is 7.88. The molecule has 2 N–H and O–H groups in total. The number of aryl methyl sites for hydroxylation is 1. The Kier molecular flexibility index (Phi) is 4.62. The minimum Gasteiger partial charge on any atom is -0.478 e. The van der Waals surface area contributed by atoms with Gasteiger partial charge in [-0.25, -0.2) is 4.79 Å². The number of fused-ring (bicyclic) bond motifs is 1. The van der Waals surface area contributed by atoms with Crippen LogP contribution in [0.1, 0.15) is 39.6 Å². The van der Waals surface area contributed by atoms with E-state index >= 15 is 0 Å². The number of anilines is 1. The standard InChI is InChI=1S/C19H19NO4/c1-12-10-14(6-7-15(12)19(22)23)20-18(21)11-17-16-5-3-2-4-13(16)8-9-24-17/h2-7,10,17H,8-9,11H2,1H3,(H,20,21)(H,22,23). The summed E-state index contributed by atoms with van der Waals surface area (Å²) < 4.78 is 5.75. The van der Waals surface area contributed by atoms with Crippen molar-refractivity contribution in [2.75, 3.05) is 11.9 Å². The average molecular weight is 325 g/mol. The minimum absolute atomic E-state index is 0.154. The number of aromatic carboxylic acids is 1. The highest BCUT2D eigenvalue weighted by molar-refractivity contribution is 5.93. The molecule has 3 rings (SSSR count). The van der Waals surface area contributed by atoms with Gasteiger partial charge in [-0.3, -0.25) is 4.79 Å². The second-order valence-electron chi connectivity index (χ2n) is 5.90. The summed E-state index contributed by atoms with van der Waals surface area (Å²) in [4.78, 5) is 23.3. The van der Waals surface area contributed by atoms with Crippen molar-refractivity contribution in [1.82, 2.24) is 0 Å². The summed E-state index contributed by atoms with van der Waals surface area (Å²) in [6.45, 7) is 2.32. The number of carbonyl (C=O) groups is 2. The van der Waals surface area contributed by atoms with E-state index in [-0.39, 0.29) is 24.0 Å². The molecule has 2 aromatic rings. The Morgan fingerprint density at radius 3 is 2.79 bits per heavy atom. The zero-order valence-corrected chi connectivity index (χ0v) is 13.4. The van der Waals surface area contributed by atoms with Crippen molar-refractivity contribution >= 4 is 17.6 Å². The number of rotatable bonds is 4. The van der Waals surface area contributed by atoms with Crippen LogP contribution in [0.5, 0.6) is 0 Å². The molecule has 0 aliphatic carbocycles. The molecule has 1 amide bonds. The van der Waals surface area contributed by atoms with E-state index < -0.39 is 5.97 Å². The molecule has 5 heteroatoms. The lowest BCUT2D eigenvalue weighted by Crippen LogP contribution is -2.22. The second-order valence-corrected chi connectivity index (χ2v) is 5.90. The molecule has 0 spiro atoms. The van der Waals surface area contributed by atoms with Gasteiger partial charge in [0, 0.05) is 5.69 Å². The maximum Gasteiger partial charge on any atom is 0.335 e. The fourth-order valence-electron chi connectivity index (χ4n) is 3.01. The molecule has 1 atom stereocenters. The molecule has 0 radical (unpaired) electrons. The summed E-state index contributed by atoms with van der Waals surface area (Å²) >= 11 is 0. The van der Waals surface area contributed by atoms with Crippen molar-refractivity contribution in [3.63, 3.8) is 0 Å². The van der Waals surface area contributed by atoms with E-state index in [2.05, 4.69) is 11.4 Å². The number of hydrogen-bond acceptors (Lipinski definition) is 3. The Hall–Kier alpha value is -2.66. The highest BCUT2D eigenvalue weighted by Crippen LogP contribution is 2.29. The van der Waals surface area contributed by atoms with Crippen molar-refractivity contribution in [2.24, 2.45) is 0 Å². The van der Waals surface area contributed by atoms with Gasteiger partial charge in [0.05, 0.1) is 24.7 Å². The van der Waals surface area contributed by atoms with Crippen molar-refractivity contribution in [3.8, 4) is 0 Å². The van der Waals surface area contributed by atoms with Gasteiger partial charge in [0.25, 0.3) is 0 Å². The van der Waals surface area contributed by atoms with Gasteiger partial charge in [0.2, 0.25) is 5.91 Å². The molecule has 0 saturated heterocycles. The molecule has 1 unspecified atom stereocenters. The normalized spacial score (nSPS) is 16.3. The average Bonchev–Trinajstić information content (AvgIpc) is 2.55. The topological polar surface area (TPSA) is 75.6 Å². The number of carbonyl (C=O) groups excluding carboxylic acids is 1. The first-order chi connectivity index (χ1) is 11.5. The van der Waals surface area contributed by atoms with Crippen molar-refractivity contribution in [1.29, 1.82) is 0 Å². The van der Waals surface area contributed by atoms with Crippen LogP contribution in [0.15, 0.2) is 42.5 Å². The number of carboxylic acids is 1. The highest BCUT2D eigenvalue weighted by Gasteiger charge is 2.23.